The molecule has 0 spiro atoms. The second kappa shape index (κ2) is 6.22. The Bertz CT molecular complexity index is 482. The zero-order valence-corrected chi connectivity index (χ0v) is 13.7. The number of hydrogen-bond acceptors (Lipinski definition) is 4. The second-order valence-electron chi connectivity index (χ2n) is 6.04. The van der Waals surface area contributed by atoms with Crippen LogP contribution in [0.4, 0.5) is 9.93 Å². The number of aromatic nitrogens is 1. The van der Waals surface area contributed by atoms with Crippen molar-refractivity contribution in [1.82, 2.24) is 15.2 Å². The molecule has 2 aliphatic rings. The molecule has 0 unspecified atom stereocenters. The minimum Gasteiger partial charge on any atom is -0.345 e. The zero-order chi connectivity index (χ0) is 14.8. The molecule has 1 aliphatic heterocycles. The number of nitrogens with zero attached hydrogens (tertiary/aromatic N) is 3. The summed E-state index contributed by atoms with van der Waals surface area (Å²) in [5.41, 5.74) is 1.12. The number of nitrogens with one attached hydrogen (secondary N) is 1. The lowest BCUT2D eigenvalue weighted by Gasteiger charge is -2.35. The maximum atomic E-state index is 12.2. The smallest absolute Gasteiger partial charge is 0.317 e. The number of carbonyl (C=O) groups is 1. The molecule has 0 atom stereocenters. The van der Waals surface area contributed by atoms with E-state index >= 15 is 0 Å². The van der Waals surface area contributed by atoms with E-state index in [2.05, 4.69) is 29.0 Å². The van der Waals surface area contributed by atoms with Gasteiger partial charge in [0.15, 0.2) is 5.13 Å². The van der Waals surface area contributed by atoms with Gasteiger partial charge in [-0.3, -0.25) is 0 Å². The molecule has 0 bridgehead atoms. The lowest BCUT2D eigenvalue weighted by molar-refractivity contribution is 0.190. The standard InChI is InChI=1S/C15H24N4OS/c1-11-12(2)21-15(16-11)19-9-7-18(8-10-19)14(20)17-13-5-3-4-6-13/h13H,3-10H2,1-2H3,(H,17,20). The molecule has 21 heavy (non-hydrogen) atoms. The molecular weight excluding hydrogens is 284 g/mol. The van der Waals surface area contributed by atoms with Crippen LogP contribution in [0.3, 0.4) is 0 Å². The van der Waals surface area contributed by atoms with Gasteiger partial charge in [0, 0.05) is 37.1 Å². The van der Waals surface area contributed by atoms with Gasteiger partial charge in [0.1, 0.15) is 0 Å². The van der Waals surface area contributed by atoms with E-state index in [1.165, 1.54) is 17.7 Å². The highest BCUT2D eigenvalue weighted by atomic mass is 32.1. The van der Waals surface area contributed by atoms with Crippen molar-refractivity contribution in [2.24, 2.45) is 0 Å². The van der Waals surface area contributed by atoms with E-state index in [0.29, 0.717) is 6.04 Å². The highest BCUT2D eigenvalue weighted by molar-refractivity contribution is 7.15. The average molecular weight is 308 g/mol. The van der Waals surface area contributed by atoms with Crippen LogP contribution in [-0.2, 0) is 0 Å². The number of carbonyl (C=O) groups excluding carboxylic acids is 1. The molecule has 3 rings (SSSR count). The molecule has 2 amide bonds. The molecule has 2 fully saturated rings. The fraction of sp³-hybridized carbons (Fsp3) is 0.733. The predicted molar refractivity (Wildman–Crippen MR) is 86.2 cm³/mol. The number of aryl methyl sites for hydroxylation is 2. The molecule has 1 aliphatic carbocycles. The monoisotopic (exact) mass is 308 g/mol. The van der Waals surface area contributed by atoms with Gasteiger partial charge < -0.3 is 15.1 Å². The van der Waals surface area contributed by atoms with Gasteiger partial charge in [0.25, 0.3) is 0 Å². The minimum absolute atomic E-state index is 0.119. The molecule has 1 N–H and O–H groups in total. The van der Waals surface area contributed by atoms with Crippen LogP contribution in [0.25, 0.3) is 0 Å². The van der Waals surface area contributed by atoms with Crippen molar-refractivity contribution in [2.45, 2.75) is 45.6 Å². The Labute approximate surface area is 130 Å². The Hall–Kier alpha value is -1.30. The van der Waals surface area contributed by atoms with Crippen LogP contribution in [0.2, 0.25) is 0 Å². The third-order valence-electron chi connectivity index (χ3n) is 4.54. The molecule has 116 valence electrons. The lowest BCUT2D eigenvalue weighted by atomic mass is 10.2. The van der Waals surface area contributed by atoms with Gasteiger partial charge in [-0.05, 0) is 26.7 Å². The van der Waals surface area contributed by atoms with Crippen LogP contribution in [0, 0.1) is 13.8 Å². The number of rotatable bonds is 2. The summed E-state index contributed by atoms with van der Waals surface area (Å²) in [5, 5.41) is 4.27. The minimum atomic E-state index is 0.119. The molecule has 0 aromatic carbocycles. The van der Waals surface area contributed by atoms with E-state index in [-0.39, 0.29) is 6.03 Å². The van der Waals surface area contributed by atoms with Crippen molar-refractivity contribution in [3.63, 3.8) is 0 Å². The topological polar surface area (TPSA) is 48.5 Å². The summed E-state index contributed by atoms with van der Waals surface area (Å²) in [6, 6.07) is 0.521. The Morgan fingerprint density at radius 3 is 2.43 bits per heavy atom. The largest absolute Gasteiger partial charge is 0.345 e. The van der Waals surface area contributed by atoms with Gasteiger partial charge in [-0.2, -0.15) is 0 Å². The number of urea groups is 1. The van der Waals surface area contributed by atoms with E-state index < -0.39 is 0 Å². The van der Waals surface area contributed by atoms with Crippen molar-refractivity contribution >= 4 is 22.5 Å². The summed E-state index contributed by atoms with van der Waals surface area (Å²) in [7, 11) is 0. The normalized spacial score (nSPS) is 20.1. The van der Waals surface area contributed by atoms with Crippen molar-refractivity contribution in [3.8, 4) is 0 Å². The number of thiazole rings is 1. The SMILES string of the molecule is Cc1nc(N2CCN(C(=O)NC3CCCC3)CC2)sc1C. The Morgan fingerprint density at radius 2 is 1.86 bits per heavy atom. The van der Waals surface area contributed by atoms with E-state index in [4.69, 9.17) is 0 Å². The molecule has 1 saturated heterocycles. The van der Waals surface area contributed by atoms with Gasteiger partial charge in [0.05, 0.1) is 5.69 Å². The van der Waals surface area contributed by atoms with Crippen molar-refractivity contribution in [3.05, 3.63) is 10.6 Å². The summed E-state index contributed by atoms with van der Waals surface area (Å²) in [6.07, 6.45) is 4.79. The summed E-state index contributed by atoms with van der Waals surface area (Å²) in [5.74, 6) is 0. The molecule has 5 nitrogen and oxygen atoms in total. The Kier molecular flexibility index (Phi) is 4.33. The van der Waals surface area contributed by atoms with Crippen LogP contribution in [-0.4, -0.2) is 48.1 Å². The Balaban J connectivity index is 1.51. The van der Waals surface area contributed by atoms with Crippen molar-refractivity contribution < 1.29 is 4.79 Å². The van der Waals surface area contributed by atoms with Crippen LogP contribution in [0.15, 0.2) is 0 Å². The van der Waals surface area contributed by atoms with Crippen LogP contribution < -0.4 is 10.2 Å². The van der Waals surface area contributed by atoms with E-state index in [1.807, 2.05) is 4.90 Å². The van der Waals surface area contributed by atoms with Crippen molar-refractivity contribution in [1.29, 1.82) is 0 Å². The third-order valence-corrected chi connectivity index (χ3v) is 5.67. The molecular formula is C15H24N4OS. The van der Waals surface area contributed by atoms with Gasteiger partial charge in [-0.25, -0.2) is 9.78 Å². The highest BCUT2D eigenvalue weighted by Crippen LogP contribution is 2.26. The maximum Gasteiger partial charge on any atom is 0.317 e. The fourth-order valence-corrected chi connectivity index (χ4v) is 3.99. The zero-order valence-electron chi connectivity index (χ0n) is 12.9. The second-order valence-corrected chi connectivity index (χ2v) is 7.22. The quantitative estimate of drug-likeness (QED) is 0.913. The van der Waals surface area contributed by atoms with E-state index in [9.17, 15) is 4.79 Å². The van der Waals surface area contributed by atoms with Gasteiger partial charge in [0.2, 0.25) is 0 Å². The summed E-state index contributed by atoms with van der Waals surface area (Å²) < 4.78 is 0. The van der Waals surface area contributed by atoms with E-state index in [1.54, 1.807) is 11.3 Å². The average Bonchev–Trinajstić information content (AvgIpc) is 3.10. The number of piperazine rings is 1. The first-order valence-electron chi connectivity index (χ1n) is 7.88. The summed E-state index contributed by atoms with van der Waals surface area (Å²) in [6.45, 7) is 7.50. The van der Waals surface area contributed by atoms with Gasteiger partial charge in [-0.15, -0.1) is 11.3 Å². The summed E-state index contributed by atoms with van der Waals surface area (Å²) >= 11 is 1.75. The Morgan fingerprint density at radius 1 is 1.19 bits per heavy atom. The first-order chi connectivity index (χ1) is 10.1. The molecule has 0 radical (unpaired) electrons. The van der Waals surface area contributed by atoms with Crippen LogP contribution in [0.5, 0.6) is 0 Å². The van der Waals surface area contributed by atoms with E-state index in [0.717, 1.165) is 49.8 Å². The fourth-order valence-electron chi connectivity index (χ4n) is 3.03. The molecule has 2 heterocycles. The highest BCUT2D eigenvalue weighted by Gasteiger charge is 2.25. The van der Waals surface area contributed by atoms with Crippen LogP contribution in [0.1, 0.15) is 36.3 Å². The molecule has 6 heteroatoms. The third kappa shape index (κ3) is 3.31. The first-order valence-corrected chi connectivity index (χ1v) is 8.69. The number of amides is 2. The predicted octanol–water partition coefficient (Wildman–Crippen LogP) is 2.53. The first kappa shape index (κ1) is 14.6. The lowest BCUT2D eigenvalue weighted by Crippen LogP contribution is -2.53. The van der Waals surface area contributed by atoms with Gasteiger partial charge >= 0.3 is 6.03 Å². The maximum absolute atomic E-state index is 12.2. The summed E-state index contributed by atoms with van der Waals surface area (Å²) in [4.78, 5) is 22.4. The molecule has 1 saturated carbocycles. The van der Waals surface area contributed by atoms with Crippen LogP contribution >= 0.6 is 11.3 Å². The number of anilines is 1. The van der Waals surface area contributed by atoms with Crippen molar-refractivity contribution in [2.75, 3.05) is 31.1 Å². The molecule has 1 aromatic rings. The molecule has 1 aromatic heterocycles. The number of hydrogen-bond donors (Lipinski definition) is 1. The van der Waals surface area contributed by atoms with Gasteiger partial charge in [-0.1, -0.05) is 12.8 Å².